The fraction of sp³-hybridized carbons (Fsp3) is 0.125. The Bertz CT molecular complexity index is 605. The summed E-state index contributed by atoms with van der Waals surface area (Å²) in [5, 5.41) is 0. The largest absolute Gasteiger partial charge is 0.482 e. The van der Waals surface area contributed by atoms with E-state index in [4.69, 9.17) is 4.74 Å². The first-order chi connectivity index (χ1) is 9.70. The molecule has 0 saturated heterocycles. The number of ether oxygens (including phenoxy) is 2. The minimum absolute atomic E-state index is 0.0888. The maximum atomic E-state index is 12.2. The maximum Gasteiger partial charge on any atom is 0.343 e. The average molecular weight is 270 g/mol. The SMILES string of the molecule is COC(=O)COc1cccc(C(=O)c2ccccc2)c1. The van der Waals surface area contributed by atoms with E-state index in [1.165, 1.54) is 7.11 Å². The predicted octanol–water partition coefficient (Wildman–Crippen LogP) is 2.47. The summed E-state index contributed by atoms with van der Waals surface area (Å²) in [7, 11) is 1.29. The van der Waals surface area contributed by atoms with E-state index in [9.17, 15) is 9.59 Å². The van der Waals surface area contributed by atoms with Crippen LogP contribution in [0.15, 0.2) is 54.6 Å². The van der Waals surface area contributed by atoms with Crippen LogP contribution in [0, 0.1) is 0 Å². The first-order valence-electron chi connectivity index (χ1n) is 6.10. The molecule has 0 aliphatic rings. The number of esters is 1. The Labute approximate surface area is 116 Å². The van der Waals surface area contributed by atoms with Gasteiger partial charge in [-0.15, -0.1) is 0 Å². The molecule has 2 rings (SSSR count). The molecular formula is C16H14O4. The Morgan fingerprint density at radius 2 is 1.65 bits per heavy atom. The minimum Gasteiger partial charge on any atom is -0.482 e. The molecule has 0 fully saturated rings. The predicted molar refractivity (Wildman–Crippen MR) is 73.8 cm³/mol. The van der Waals surface area contributed by atoms with E-state index in [2.05, 4.69) is 4.74 Å². The van der Waals surface area contributed by atoms with Crippen molar-refractivity contribution in [1.29, 1.82) is 0 Å². The third-order valence-corrected chi connectivity index (χ3v) is 2.72. The van der Waals surface area contributed by atoms with Gasteiger partial charge >= 0.3 is 5.97 Å². The van der Waals surface area contributed by atoms with Crippen LogP contribution in [0.25, 0.3) is 0 Å². The molecule has 102 valence electrons. The van der Waals surface area contributed by atoms with Crippen LogP contribution in [0.1, 0.15) is 15.9 Å². The molecule has 0 radical (unpaired) electrons. The molecule has 0 spiro atoms. The standard InChI is InChI=1S/C16H14O4/c1-19-15(17)11-20-14-9-5-8-13(10-14)16(18)12-6-3-2-4-7-12/h2-10H,11H2,1H3. The molecule has 2 aromatic rings. The average Bonchev–Trinajstić information content (AvgIpc) is 2.53. The topological polar surface area (TPSA) is 52.6 Å². The van der Waals surface area contributed by atoms with Crippen LogP contribution in [-0.2, 0) is 9.53 Å². The van der Waals surface area contributed by atoms with Gasteiger partial charge in [-0.1, -0.05) is 42.5 Å². The van der Waals surface area contributed by atoms with Crippen molar-refractivity contribution >= 4 is 11.8 Å². The van der Waals surface area contributed by atoms with Crippen molar-refractivity contribution in [2.24, 2.45) is 0 Å². The lowest BCUT2D eigenvalue weighted by Crippen LogP contribution is -2.12. The molecule has 4 nitrogen and oxygen atoms in total. The molecular weight excluding hydrogens is 256 g/mol. The molecule has 0 heterocycles. The second-order valence-electron chi connectivity index (χ2n) is 4.09. The molecule has 0 atom stereocenters. The van der Waals surface area contributed by atoms with Crippen LogP contribution in [0.5, 0.6) is 5.75 Å². The number of benzene rings is 2. The molecule has 0 unspecified atom stereocenters. The van der Waals surface area contributed by atoms with Gasteiger partial charge in [0.05, 0.1) is 7.11 Å². The number of rotatable bonds is 5. The number of hydrogen-bond acceptors (Lipinski definition) is 4. The van der Waals surface area contributed by atoms with E-state index < -0.39 is 5.97 Å². The van der Waals surface area contributed by atoms with Gasteiger partial charge in [0.1, 0.15) is 5.75 Å². The number of carbonyl (C=O) groups is 2. The van der Waals surface area contributed by atoms with Gasteiger partial charge < -0.3 is 9.47 Å². The molecule has 0 amide bonds. The molecule has 0 bridgehead atoms. The zero-order chi connectivity index (χ0) is 14.4. The third kappa shape index (κ3) is 3.45. The van der Waals surface area contributed by atoms with Gasteiger partial charge in [0, 0.05) is 11.1 Å². The number of carbonyl (C=O) groups excluding carboxylic acids is 2. The molecule has 0 aliphatic heterocycles. The first kappa shape index (κ1) is 13.8. The molecule has 4 heteroatoms. The summed E-state index contributed by atoms with van der Waals surface area (Å²) < 4.78 is 9.75. The van der Waals surface area contributed by atoms with Gasteiger partial charge in [-0.2, -0.15) is 0 Å². The summed E-state index contributed by atoms with van der Waals surface area (Å²) in [5.41, 5.74) is 1.12. The molecule has 0 aliphatic carbocycles. The third-order valence-electron chi connectivity index (χ3n) is 2.72. The van der Waals surface area contributed by atoms with Gasteiger partial charge in [-0.25, -0.2) is 4.79 Å². The lowest BCUT2D eigenvalue weighted by atomic mass is 10.0. The van der Waals surface area contributed by atoms with Crippen molar-refractivity contribution in [3.63, 3.8) is 0 Å². The summed E-state index contributed by atoms with van der Waals surface area (Å²) in [6.07, 6.45) is 0. The van der Waals surface area contributed by atoms with Crippen LogP contribution >= 0.6 is 0 Å². The summed E-state index contributed by atoms with van der Waals surface area (Å²) >= 11 is 0. The Kier molecular flexibility index (Phi) is 4.50. The lowest BCUT2D eigenvalue weighted by molar-refractivity contribution is -0.142. The van der Waals surface area contributed by atoms with Crippen LogP contribution < -0.4 is 4.74 Å². The van der Waals surface area contributed by atoms with Gasteiger partial charge in [-0.3, -0.25) is 4.79 Å². The van der Waals surface area contributed by atoms with Gasteiger partial charge in [-0.05, 0) is 12.1 Å². The molecule has 0 saturated carbocycles. The summed E-state index contributed by atoms with van der Waals surface area (Å²) in [6.45, 7) is -0.181. The fourth-order valence-corrected chi connectivity index (χ4v) is 1.68. The van der Waals surface area contributed by atoms with Crippen molar-refractivity contribution < 1.29 is 19.1 Å². The van der Waals surface area contributed by atoms with Crippen molar-refractivity contribution in [2.45, 2.75) is 0 Å². The quantitative estimate of drug-likeness (QED) is 0.618. The van der Waals surface area contributed by atoms with E-state index in [1.807, 2.05) is 18.2 Å². The van der Waals surface area contributed by atoms with Crippen molar-refractivity contribution in [1.82, 2.24) is 0 Å². The molecule has 20 heavy (non-hydrogen) atoms. The first-order valence-corrected chi connectivity index (χ1v) is 6.10. The van der Waals surface area contributed by atoms with Crippen molar-refractivity contribution in [2.75, 3.05) is 13.7 Å². The highest BCUT2D eigenvalue weighted by Gasteiger charge is 2.10. The highest BCUT2D eigenvalue weighted by molar-refractivity contribution is 6.09. The number of hydrogen-bond donors (Lipinski definition) is 0. The summed E-state index contributed by atoms with van der Waals surface area (Å²) in [6, 6.07) is 15.7. The van der Waals surface area contributed by atoms with Crippen molar-refractivity contribution in [3.8, 4) is 5.75 Å². The van der Waals surface area contributed by atoms with E-state index >= 15 is 0 Å². The van der Waals surface area contributed by atoms with Crippen LogP contribution in [0.4, 0.5) is 0 Å². The second-order valence-corrected chi connectivity index (χ2v) is 4.09. The fourth-order valence-electron chi connectivity index (χ4n) is 1.68. The monoisotopic (exact) mass is 270 g/mol. The highest BCUT2D eigenvalue weighted by Crippen LogP contribution is 2.16. The zero-order valence-corrected chi connectivity index (χ0v) is 11.0. The van der Waals surface area contributed by atoms with E-state index in [0.29, 0.717) is 16.9 Å². The Morgan fingerprint density at radius 3 is 2.35 bits per heavy atom. The van der Waals surface area contributed by atoms with Crippen LogP contribution in [0.3, 0.4) is 0 Å². The Balaban J connectivity index is 2.13. The number of ketones is 1. The highest BCUT2D eigenvalue weighted by atomic mass is 16.6. The van der Waals surface area contributed by atoms with Gasteiger partial charge in [0.2, 0.25) is 0 Å². The zero-order valence-electron chi connectivity index (χ0n) is 11.0. The maximum absolute atomic E-state index is 12.2. The van der Waals surface area contributed by atoms with E-state index in [0.717, 1.165) is 0 Å². The summed E-state index contributed by atoms with van der Waals surface area (Å²) in [4.78, 5) is 23.3. The Morgan fingerprint density at radius 1 is 0.950 bits per heavy atom. The summed E-state index contributed by atoms with van der Waals surface area (Å²) in [5.74, 6) is -0.101. The Hall–Kier alpha value is -2.62. The van der Waals surface area contributed by atoms with Gasteiger partial charge in [0.15, 0.2) is 12.4 Å². The van der Waals surface area contributed by atoms with Gasteiger partial charge in [0.25, 0.3) is 0 Å². The van der Waals surface area contributed by atoms with Crippen LogP contribution in [0.2, 0.25) is 0 Å². The molecule has 0 aromatic heterocycles. The number of methoxy groups -OCH3 is 1. The smallest absolute Gasteiger partial charge is 0.343 e. The van der Waals surface area contributed by atoms with Crippen LogP contribution in [-0.4, -0.2) is 25.5 Å². The van der Waals surface area contributed by atoms with Crippen molar-refractivity contribution in [3.05, 3.63) is 65.7 Å². The molecule has 2 aromatic carbocycles. The normalized spacial score (nSPS) is 9.85. The lowest BCUT2D eigenvalue weighted by Gasteiger charge is -2.06. The minimum atomic E-state index is -0.468. The molecule has 0 N–H and O–H groups in total. The second kappa shape index (κ2) is 6.52. The van der Waals surface area contributed by atoms with E-state index in [-0.39, 0.29) is 12.4 Å². The van der Waals surface area contributed by atoms with E-state index in [1.54, 1.807) is 36.4 Å².